The largest absolute Gasteiger partial charge is 0.481 e. The zero-order valence-corrected chi connectivity index (χ0v) is 35.3. The monoisotopic (exact) mass is 850 g/mol. The topological polar surface area (TPSA) is 162 Å². The van der Waals surface area contributed by atoms with Crippen molar-refractivity contribution in [3.05, 3.63) is 131 Å². The minimum Gasteiger partial charge on any atom is -0.481 e. The van der Waals surface area contributed by atoms with Crippen LogP contribution in [0.4, 0.5) is 20.2 Å². The molecule has 2 aliphatic carbocycles. The van der Waals surface area contributed by atoms with Gasteiger partial charge >= 0.3 is 5.97 Å². The van der Waals surface area contributed by atoms with E-state index in [4.69, 9.17) is 5.11 Å². The van der Waals surface area contributed by atoms with Crippen molar-refractivity contribution < 1.29 is 40.3 Å². The van der Waals surface area contributed by atoms with Gasteiger partial charge in [-0.1, -0.05) is 62.4 Å². The number of carbonyl (C=O) groups is 2. The zero-order chi connectivity index (χ0) is 42.8. The van der Waals surface area contributed by atoms with E-state index in [0.717, 1.165) is 49.1 Å². The highest BCUT2D eigenvalue weighted by Crippen LogP contribution is 2.63. The maximum atomic E-state index is 13.0. The van der Waals surface area contributed by atoms with E-state index in [-0.39, 0.29) is 34.8 Å². The van der Waals surface area contributed by atoms with Crippen molar-refractivity contribution in [1.82, 2.24) is 10.2 Å². The molecule has 11 nitrogen and oxygen atoms in total. The van der Waals surface area contributed by atoms with Crippen molar-refractivity contribution in [2.24, 2.45) is 23.7 Å². The Morgan fingerprint density at radius 1 is 0.678 bits per heavy atom. The lowest BCUT2D eigenvalue weighted by Crippen LogP contribution is -2.34. The molecule has 2 saturated carbocycles. The molecule has 0 spiro atoms. The smallest absolute Gasteiger partial charge is 0.303 e. The van der Waals surface area contributed by atoms with Gasteiger partial charge in [-0.15, -0.1) is 0 Å². The fourth-order valence-corrected chi connectivity index (χ4v) is 10.1. The number of benzene rings is 4. The normalized spacial score (nSPS) is 24.9. The van der Waals surface area contributed by atoms with Crippen LogP contribution in [-0.2, 0) is 53.3 Å². The Hall–Kier alpha value is -4.86. The van der Waals surface area contributed by atoms with Gasteiger partial charge in [-0.25, -0.2) is 25.6 Å². The van der Waals surface area contributed by atoms with Crippen LogP contribution in [-0.4, -0.2) is 77.4 Å². The van der Waals surface area contributed by atoms with E-state index in [1.807, 2.05) is 35.2 Å². The van der Waals surface area contributed by atoms with Crippen LogP contribution in [0.5, 0.6) is 0 Å². The van der Waals surface area contributed by atoms with E-state index in [9.17, 15) is 35.2 Å². The Morgan fingerprint density at radius 3 is 1.49 bits per heavy atom. The van der Waals surface area contributed by atoms with Crippen LogP contribution in [0.2, 0.25) is 0 Å². The second-order valence-corrected chi connectivity index (χ2v) is 20.0. The van der Waals surface area contributed by atoms with Crippen molar-refractivity contribution in [2.75, 3.05) is 48.1 Å². The summed E-state index contributed by atoms with van der Waals surface area (Å²) in [6.45, 7) is 8.08. The minimum atomic E-state index is -3.31. The van der Waals surface area contributed by atoms with Gasteiger partial charge in [-0.2, -0.15) is 0 Å². The second kappa shape index (κ2) is 17.4. The first-order valence-electron chi connectivity index (χ1n) is 19.6. The number of hydrogen-bond donors (Lipinski definition) is 4. The average molecular weight is 851 g/mol. The number of aryl methyl sites for hydroxylation is 2. The van der Waals surface area contributed by atoms with E-state index < -0.39 is 26.0 Å². The molecule has 15 heteroatoms. The lowest BCUT2D eigenvalue weighted by Gasteiger charge is -2.25. The van der Waals surface area contributed by atoms with E-state index in [2.05, 4.69) is 34.7 Å². The maximum Gasteiger partial charge on any atom is 0.303 e. The highest BCUT2D eigenvalue weighted by Gasteiger charge is 2.66. The number of hydrogen-bond acceptors (Lipinski definition) is 7. The van der Waals surface area contributed by atoms with Crippen LogP contribution >= 0.6 is 0 Å². The summed E-state index contributed by atoms with van der Waals surface area (Å²) >= 11 is 0. The van der Waals surface area contributed by atoms with Gasteiger partial charge in [-0.05, 0) is 120 Å². The van der Waals surface area contributed by atoms with Crippen molar-refractivity contribution in [1.29, 1.82) is 0 Å². The summed E-state index contributed by atoms with van der Waals surface area (Å²) in [6.07, 6.45) is 3.90. The fraction of sp³-hybridized carbons (Fsp3) is 0.409. The number of anilines is 2. The fourth-order valence-electron chi connectivity index (χ4n) is 8.97. The number of nitrogens with zero attached hydrogens (tertiary/aromatic N) is 1. The standard InChI is InChI=1S/C22H25FN2O3S.C13H18N2O2S.C9H9FO2/c1-22(16-4-3-5-18(12-16)24-29(2,27)28)19-13-25(14-20(19)22)21(26)11-8-15-6-9-17(23)10-7-15;1-13(11-7-14-8-12(11)13)9-4-3-5-10(6-9)15-18(2,16)17;10-8-4-1-7(2-5-8)3-6-9(11)12/h3-7,9-10,12,19-20,24H,8,11,13-14H2,1-2H3;3-6,11-12,14-15H,7-8H2,1-2H3;1-2,4-5H,3,6H2,(H,11,12). The first-order valence-corrected chi connectivity index (χ1v) is 23.4. The summed E-state index contributed by atoms with van der Waals surface area (Å²) in [5.41, 5.74) is 5.59. The third-order valence-corrected chi connectivity index (χ3v) is 13.6. The van der Waals surface area contributed by atoms with Crippen LogP contribution < -0.4 is 14.8 Å². The summed E-state index contributed by atoms with van der Waals surface area (Å²) in [5.74, 6) is 0.924. The van der Waals surface area contributed by atoms with Crippen molar-refractivity contribution >= 4 is 43.3 Å². The third-order valence-electron chi connectivity index (χ3n) is 12.4. The number of halogens is 2. The molecule has 4 fully saturated rings. The van der Waals surface area contributed by atoms with Crippen LogP contribution in [0.25, 0.3) is 0 Å². The number of sulfonamides is 2. The predicted molar refractivity (Wildman–Crippen MR) is 225 cm³/mol. The Morgan fingerprint density at radius 2 is 1.08 bits per heavy atom. The van der Waals surface area contributed by atoms with Crippen LogP contribution in [0, 0.1) is 35.3 Å². The van der Waals surface area contributed by atoms with Gasteiger partial charge in [-0.3, -0.25) is 19.0 Å². The molecule has 0 bridgehead atoms. The lowest BCUT2D eigenvalue weighted by atomic mass is 9.92. The third kappa shape index (κ3) is 10.9. The molecule has 4 aromatic rings. The van der Waals surface area contributed by atoms with Crippen LogP contribution in [0.3, 0.4) is 0 Å². The molecule has 4 unspecified atom stereocenters. The van der Waals surface area contributed by atoms with Gasteiger partial charge in [0.25, 0.3) is 0 Å². The number of carbonyl (C=O) groups excluding carboxylic acids is 1. The van der Waals surface area contributed by atoms with E-state index >= 15 is 0 Å². The molecule has 2 saturated heterocycles. The number of rotatable bonds is 12. The predicted octanol–water partition coefficient (Wildman–Crippen LogP) is 6.18. The summed E-state index contributed by atoms with van der Waals surface area (Å²) in [6, 6.07) is 27.5. The lowest BCUT2D eigenvalue weighted by molar-refractivity contribution is -0.137. The van der Waals surface area contributed by atoms with Gasteiger partial charge in [0.1, 0.15) is 11.6 Å². The summed E-state index contributed by atoms with van der Waals surface area (Å²) in [4.78, 5) is 24.7. The molecule has 316 valence electrons. The number of carboxylic acid groups (broad SMARTS) is 1. The second-order valence-electron chi connectivity index (χ2n) is 16.5. The molecule has 2 heterocycles. The number of aliphatic carboxylic acids is 1. The van der Waals surface area contributed by atoms with Crippen LogP contribution in [0.15, 0.2) is 97.1 Å². The highest BCUT2D eigenvalue weighted by atomic mass is 32.2. The molecule has 8 rings (SSSR count). The van der Waals surface area contributed by atoms with Gasteiger partial charge < -0.3 is 15.3 Å². The van der Waals surface area contributed by atoms with Crippen LogP contribution in [0.1, 0.15) is 48.9 Å². The number of fused-ring (bicyclic) bond motifs is 2. The molecule has 4 atom stereocenters. The zero-order valence-electron chi connectivity index (χ0n) is 33.6. The number of likely N-dealkylation sites (tertiary alicyclic amines) is 1. The summed E-state index contributed by atoms with van der Waals surface area (Å²) in [5, 5.41) is 11.7. The molecule has 59 heavy (non-hydrogen) atoms. The van der Waals surface area contributed by atoms with Crippen molar-refractivity contribution in [2.45, 2.75) is 50.4 Å². The first-order chi connectivity index (χ1) is 27.8. The van der Waals surface area contributed by atoms with Gasteiger partial charge in [0, 0.05) is 48.1 Å². The first kappa shape index (κ1) is 43.7. The molecule has 4 aliphatic rings. The van der Waals surface area contributed by atoms with Gasteiger partial charge in [0.2, 0.25) is 26.0 Å². The highest BCUT2D eigenvalue weighted by molar-refractivity contribution is 7.92. The van der Waals surface area contributed by atoms with Gasteiger partial charge in [0.15, 0.2) is 0 Å². The quantitative estimate of drug-likeness (QED) is 0.131. The molecule has 1 amide bonds. The Balaban J connectivity index is 0.000000165. The van der Waals surface area contributed by atoms with E-state index in [1.54, 1.807) is 36.4 Å². The average Bonchev–Trinajstić information content (AvgIpc) is 3.62. The molecule has 0 radical (unpaired) electrons. The van der Waals surface area contributed by atoms with E-state index in [1.165, 1.54) is 36.1 Å². The number of piperidine rings is 2. The van der Waals surface area contributed by atoms with Crippen molar-refractivity contribution in [3.8, 4) is 0 Å². The molecule has 4 N–H and O–H groups in total. The molecule has 2 aliphatic heterocycles. The van der Waals surface area contributed by atoms with Gasteiger partial charge in [0.05, 0.1) is 12.5 Å². The number of nitrogens with one attached hydrogen (secondary N) is 3. The van der Waals surface area contributed by atoms with Crippen molar-refractivity contribution in [3.63, 3.8) is 0 Å². The van der Waals surface area contributed by atoms with E-state index in [0.29, 0.717) is 54.3 Å². The number of amides is 1. The maximum absolute atomic E-state index is 13.0. The minimum absolute atomic E-state index is 0.0249. The molecule has 4 aromatic carbocycles. The molecular weight excluding hydrogens is 799 g/mol. The summed E-state index contributed by atoms with van der Waals surface area (Å²) in [7, 11) is -6.51. The Labute approximate surface area is 345 Å². The number of carboxylic acids is 1. The Bertz CT molecular complexity index is 2360. The molecule has 0 aromatic heterocycles. The summed E-state index contributed by atoms with van der Waals surface area (Å²) < 4.78 is 75.9. The SMILES string of the molecule is CC1(c2cccc(NS(C)(=O)=O)c2)C2CN(C(=O)CCc3ccc(F)cc3)CC21.CC1(c2cccc(NS(C)(=O)=O)c2)C2CNCC21.O=C(O)CCc1ccc(F)cc1. The Kier molecular flexibility index (Phi) is 12.9. The molecular formula is C44H52F2N4O7S2.